The zero-order chi connectivity index (χ0) is 13.0. The minimum absolute atomic E-state index is 0.463. The van der Waals surface area contributed by atoms with Crippen LogP contribution < -0.4 is 5.32 Å². The van der Waals surface area contributed by atoms with Crippen molar-refractivity contribution in [2.24, 2.45) is 0 Å². The van der Waals surface area contributed by atoms with Crippen LogP contribution in [0.3, 0.4) is 0 Å². The molecule has 0 aliphatic carbocycles. The average molecular weight is 243 g/mol. The molecule has 1 heterocycles. The van der Waals surface area contributed by atoms with Gasteiger partial charge in [-0.1, -0.05) is 45.0 Å². The second kappa shape index (κ2) is 5.87. The van der Waals surface area contributed by atoms with E-state index in [1.165, 1.54) is 16.7 Å². The van der Waals surface area contributed by atoms with Crippen molar-refractivity contribution in [3.8, 4) is 11.1 Å². The van der Waals surface area contributed by atoms with Crippen molar-refractivity contribution in [1.82, 2.24) is 5.32 Å². The van der Waals surface area contributed by atoms with Gasteiger partial charge in [0.2, 0.25) is 0 Å². The molecule has 1 aromatic carbocycles. The summed E-state index contributed by atoms with van der Waals surface area (Å²) in [5.74, 6) is 1.01. The fraction of sp³-hybridized carbons (Fsp3) is 0.375. The Morgan fingerprint density at radius 1 is 1.11 bits per heavy atom. The Morgan fingerprint density at radius 3 is 2.44 bits per heavy atom. The van der Waals surface area contributed by atoms with Crippen LogP contribution in [-0.2, 0) is 13.0 Å². The number of benzene rings is 1. The van der Waals surface area contributed by atoms with Crippen LogP contribution in [0.25, 0.3) is 11.1 Å². The van der Waals surface area contributed by atoms with Crippen LogP contribution in [0.5, 0.6) is 0 Å². The van der Waals surface area contributed by atoms with Gasteiger partial charge in [-0.15, -0.1) is 0 Å². The molecule has 1 N–H and O–H groups in total. The molecule has 2 nitrogen and oxygen atoms in total. The van der Waals surface area contributed by atoms with Crippen molar-refractivity contribution >= 4 is 0 Å². The molecule has 0 aliphatic rings. The number of nitrogens with one attached hydrogen (secondary N) is 1. The van der Waals surface area contributed by atoms with E-state index in [1.54, 1.807) is 6.26 Å². The van der Waals surface area contributed by atoms with Gasteiger partial charge in [0.15, 0.2) is 0 Å². The Kier molecular flexibility index (Phi) is 4.21. The summed E-state index contributed by atoms with van der Waals surface area (Å²) in [5.41, 5.74) is 3.77. The molecule has 18 heavy (non-hydrogen) atoms. The molecule has 2 heteroatoms. The number of hydrogen-bond donors (Lipinski definition) is 1. The van der Waals surface area contributed by atoms with Gasteiger partial charge in [-0.3, -0.25) is 0 Å². The van der Waals surface area contributed by atoms with E-state index in [-0.39, 0.29) is 0 Å². The first-order valence-electron chi connectivity index (χ1n) is 6.59. The Morgan fingerprint density at radius 2 is 1.83 bits per heavy atom. The Bertz CT molecular complexity index is 482. The fourth-order valence-corrected chi connectivity index (χ4v) is 1.95. The lowest BCUT2D eigenvalue weighted by Gasteiger charge is -2.08. The first kappa shape index (κ1) is 12.9. The largest absolute Gasteiger partial charge is 0.467 e. The minimum Gasteiger partial charge on any atom is -0.467 e. The van der Waals surface area contributed by atoms with Crippen LogP contribution >= 0.6 is 0 Å². The van der Waals surface area contributed by atoms with Gasteiger partial charge in [0, 0.05) is 11.6 Å². The summed E-state index contributed by atoms with van der Waals surface area (Å²) in [6.45, 7) is 7.22. The lowest BCUT2D eigenvalue weighted by molar-refractivity contribution is 0.466. The summed E-state index contributed by atoms with van der Waals surface area (Å²) in [6, 6.07) is 11.2. The van der Waals surface area contributed by atoms with Gasteiger partial charge in [-0.25, -0.2) is 0 Å². The van der Waals surface area contributed by atoms with Gasteiger partial charge < -0.3 is 9.73 Å². The van der Waals surface area contributed by atoms with Crippen molar-refractivity contribution in [3.05, 3.63) is 47.9 Å². The van der Waals surface area contributed by atoms with Gasteiger partial charge in [-0.05, 0) is 23.6 Å². The third-order valence-corrected chi connectivity index (χ3v) is 3.09. The standard InChI is InChI=1S/C16H21NO/c1-4-13-5-7-14(8-6-13)15-9-10-18-16(15)11-17-12(2)3/h5-10,12,17H,4,11H2,1-3H3. The number of furan rings is 1. The summed E-state index contributed by atoms with van der Waals surface area (Å²) >= 11 is 0. The van der Waals surface area contributed by atoms with Gasteiger partial charge in [-0.2, -0.15) is 0 Å². The van der Waals surface area contributed by atoms with E-state index in [0.29, 0.717) is 6.04 Å². The maximum atomic E-state index is 5.56. The topological polar surface area (TPSA) is 25.2 Å². The molecule has 0 saturated carbocycles. The fourth-order valence-electron chi connectivity index (χ4n) is 1.95. The Labute approximate surface area is 109 Å². The average Bonchev–Trinajstić information content (AvgIpc) is 2.85. The molecule has 2 aromatic rings. The molecule has 0 saturated heterocycles. The van der Waals surface area contributed by atoms with Crippen LogP contribution in [0.2, 0.25) is 0 Å². The smallest absolute Gasteiger partial charge is 0.125 e. The maximum absolute atomic E-state index is 5.56. The number of rotatable bonds is 5. The lowest BCUT2D eigenvalue weighted by atomic mass is 10.0. The molecular weight excluding hydrogens is 222 g/mol. The predicted octanol–water partition coefficient (Wildman–Crippen LogP) is 4.01. The first-order valence-corrected chi connectivity index (χ1v) is 6.59. The van der Waals surface area contributed by atoms with Crippen LogP contribution in [0.1, 0.15) is 32.1 Å². The molecule has 0 atom stereocenters. The molecule has 0 aliphatic heterocycles. The molecule has 0 spiro atoms. The van der Waals surface area contributed by atoms with Crippen molar-refractivity contribution in [2.45, 2.75) is 39.8 Å². The highest BCUT2D eigenvalue weighted by atomic mass is 16.3. The lowest BCUT2D eigenvalue weighted by Crippen LogP contribution is -2.21. The third kappa shape index (κ3) is 3.02. The normalized spacial score (nSPS) is 11.1. The highest BCUT2D eigenvalue weighted by Crippen LogP contribution is 2.25. The van der Waals surface area contributed by atoms with Crippen LogP contribution in [0, 0.1) is 0 Å². The van der Waals surface area contributed by atoms with Gasteiger partial charge in [0.25, 0.3) is 0 Å². The van der Waals surface area contributed by atoms with E-state index >= 15 is 0 Å². The number of hydrogen-bond acceptors (Lipinski definition) is 2. The zero-order valence-electron chi connectivity index (χ0n) is 11.4. The zero-order valence-corrected chi connectivity index (χ0v) is 11.4. The molecule has 2 rings (SSSR count). The van der Waals surface area contributed by atoms with Crippen molar-refractivity contribution in [1.29, 1.82) is 0 Å². The van der Waals surface area contributed by atoms with E-state index in [4.69, 9.17) is 4.42 Å². The summed E-state index contributed by atoms with van der Waals surface area (Å²) < 4.78 is 5.56. The Balaban J connectivity index is 2.19. The quantitative estimate of drug-likeness (QED) is 0.858. The second-order valence-corrected chi connectivity index (χ2v) is 4.84. The highest BCUT2D eigenvalue weighted by Gasteiger charge is 2.08. The van der Waals surface area contributed by atoms with Crippen LogP contribution in [-0.4, -0.2) is 6.04 Å². The van der Waals surface area contributed by atoms with Crippen molar-refractivity contribution in [3.63, 3.8) is 0 Å². The predicted molar refractivity (Wildman–Crippen MR) is 75.5 cm³/mol. The van der Waals surface area contributed by atoms with E-state index in [1.807, 2.05) is 6.07 Å². The summed E-state index contributed by atoms with van der Waals surface area (Å²) in [4.78, 5) is 0. The number of aryl methyl sites for hydroxylation is 1. The molecule has 0 fully saturated rings. The molecule has 0 radical (unpaired) electrons. The van der Waals surface area contributed by atoms with Crippen LogP contribution in [0.15, 0.2) is 41.0 Å². The Hall–Kier alpha value is -1.54. The molecular formula is C16H21NO. The van der Waals surface area contributed by atoms with Gasteiger partial charge in [0.05, 0.1) is 12.8 Å². The van der Waals surface area contributed by atoms with Crippen LogP contribution in [0.4, 0.5) is 0 Å². The van der Waals surface area contributed by atoms with Gasteiger partial charge in [0.1, 0.15) is 5.76 Å². The first-order chi connectivity index (χ1) is 8.70. The van der Waals surface area contributed by atoms with E-state index in [9.17, 15) is 0 Å². The summed E-state index contributed by atoms with van der Waals surface area (Å²) in [7, 11) is 0. The van der Waals surface area contributed by atoms with E-state index in [2.05, 4.69) is 50.4 Å². The minimum atomic E-state index is 0.463. The summed E-state index contributed by atoms with van der Waals surface area (Å²) in [6.07, 6.45) is 2.84. The molecule has 0 bridgehead atoms. The monoisotopic (exact) mass is 243 g/mol. The van der Waals surface area contributed by atoms with Crippen molar-refractivity contribution in [2.75, 3.05) is 0 Å². The highest BCUT2D eigenvalue weighted by molar-refractivity contribution is 5.65. The second-order valence-electron chi connectivity index (χ2n) is 4.84. The summed E-state index contributed by atoms with van der Waals surface area (Å²) in [5, 5.41) is 3.39. The van der Waals surface area contributed by atoms with E-state index in [0.717, 1.165) is 18.7 Å². The third-order valence-electron chi connectivity index (χ3n) is 3.09. The maximum Gasteiger partial charge on any atom is 0.125 e. The SMILES string of the molecule is CCc1ccc(-c2ccoc2CNC(C)C)cc1. The van der Waals surface area contributed by atoms with Gasteiger partial charge >= 0.3 is 0 Å². The molecule has 0 amide bonds. The molecule has 96 valence electrons. The molecule has 0 unspecified atom stereocenters. The molecule has 1 aromatic heterocycles. The van der Waals surface area contributed by atoms with Crippen molar-refractivity contribution < 1.29 is 4.42 Å². The van der Waals surface area contributed by atoms with E-state index < -0.39 is 0 Å².